The average molecular weight is 583 g/mol. The molecular weight excluding hydrogens is 548 g/mol. The molecule has 0 unspecified atom stereocenters. The van der Waals surface area contributed by atoms with E-state index in [4.69, 9.17) is 25.4 Å². The Labute approximate surface area is 260 Å². The summed E-state index contributed by atoms with van der Waals surface area (Å²) < 4.78 is 22.4. The second-order valence-electron chi connectivity index (χ2n) is 8.87. The van der Waals surface area contributed by atoms with Gasteiger partial charge in [0.1, 0.15) is 23.0 Å². The number of hydrogen-bond donors (Lipinski definition) is 0. The number of rotatable bonds is 8. The molecule has 44 heavy (non-hydrogen) atoms. The molecule has 6 nitrogen and oxygen atoms in total. The molecule has 2 heterocycles. The van der Waals surface area contributed by atoms with Crippen LogP contribution in [0.25, 0.3) is 24.3 Å². The van der Waals surface area contributed by atoms with Gasteiger partial charge in [-0.2, -0.15) is 0 Å². The first kappa shape index (κ1) is 32.6. The topological polar surface area (TPSA) is 62.7 Å². The smallest absolute Gasteiger partial charge is 0.135 e. The number of methoxy groups -OCH3 is 4. The van der Waals surface area contributed by atoms with Crippen molar-refractivity contribution in [3.8, 4) is 59.0 Å². The van der Waals surface area contributed by atoms with E-state index in [1.165, 1.54) is 0 Å². The second kappa shape index (κ2) is 17.8. The summed E-state index contributed by atoms with van der Waals surface area (Å²) in [5, 5.41) is 0. The van der Waals surface area contributed by atoms with Crippen molar-refractivity contribution in [3.05, 3.63) is 107 Å². The molecule has 4 aromatic rings. The predicted octanol–water partition coefficient (Wildman–Crippen LogP) is 7.28. The first-order chi connectivity index (χ1) is 21.6. The summed E-state index contributed by atoms with van der Waals surface area (Å²) in [4.78, 5) is 8.09. The molecule has 0 amide bonds. The van der Waals surface area contributed by atoms with Crippen molar-refractivity contribution in [2.75, 3.05) is 28.4 Å². The maximum Gasteiger partial charge on any atom is 0.135 e. The normalized spacial score (nSPS) is 9.91. The molecule has 6 heteroatoms. The van der Waals surface area contributed by atoms with E-state index in [9.17, 15) is 0 Å². The monoisotopic (exact) mass is 582 g/mol. The Bertz CT molecular complexity index is 1620. The fourth-order valence-electron chi connectivity index (χ4n) is 3.82. The van der Waals surface area contributed by atoms with Crippen LogP contribution in [0.4, 0.5) is 0 Å². The van der Waals surface area contributed by atoms with Gasteiger partial charge in [-0.25, -0.2) is 0 Å². The van der Waals surface area contributed by atoms with Gasteiger partial charge in [0.05, 0.1) is 39.6 Å². The van der Waals surface area contributed by atoms with E-state index in [1.54, 1.807) is 53.2 Å². The molecule has 0 aliphatic heterocycles. The molecule has 0 saturated heterocycles. The van der Waals surface area contributed by atoms with Crippen LogP contribution >= 0.6 is 0 Å². The molecule has 0 N–H and O–H groups in total. The van der Waals surface area contributed by atoms with Crippen LogP contribution in [-0.2, 0) is 0 Å². The van der Waals surface area contributed by atoms with E-state index < -0.39 is 0 Å². The summed E-state index contributed by atoms with van der Waals surface area (Å²) in [6.45, 7) is 1.94. The molecule has 0 spiro atoms. The van der Waals surface area contributed by atoms with E-state index in [0.717, 1.165) is 28.7 Å². The highest BCUT2D eigenvalue weighted by Gasteiger charge is 2.09. The highest BCUT2D eigenvalue weighted by Crippen LogP contribution is 2.31. The highest BCUT2D eigenvalue weighted by molar-refractivity contribution is 5.76. The molecule has 0 bridgehead atoms. The Morgan fingerprint density at radius 2 is 0.955 bits per heavy atom. The second-order valence-corrected chi connectivity index (χ2v) is 8.87. The fraction of sp³-hybridized carbons (Fsp3) is 0.158. The van der Waals surface area contributed by atoms with Crippen LogP contribution in [-0.4, -0.2) is 38.4 Å². The van der Waals surface area contributed by atoms with E-state index in [2.05, 4.69) is 39.6 Å². The number of hydrogen-bond acceptors (Lipinski definition) is 6. The zero-order chi connectivity index (χ0) is 31.6. The van der Waals surface area contributed by atoms with Gasteiger partial charge in [0.15, 0.2) is 0 Å². The fourth-order valence-corrected chi connectivity index (χ4v) is 3.82. The molecule has 0 atom stereocenters. The minimum atomic E-state index is 0.620. The minimum absolute atomic E-state index is 0.620. The number of pyridine rings is 2. The Hall–Kier alpha value is -5.90. The summed E-state index contributed by atoms with van der Waals surface area (Å²) in [7, 11) is 6.46. The lowest BCUT2D eigenvalue weighted by atomic mass is 10.1. The molecule has 2 aromatic carbocycles. The van der Waals surface area contributed by atoms with Gasteiger partial charge in [-0.3, -0.25) is 9.97 Å². The Morgan fingerprint density at radius 1 is 0.591 bits per heavy atom. The third-order valence-electron chi connectivity index (χ3n) is 6.09. The standard InChI is InChI=1S/C34H28N2O4.C4H6/c1-37-31-23-29(11-9-25-13-17-35-18-14-25)33(39-3)21-27(31)7-5-6-8-28-22-34(40-4)30(24-32(28)38-2)12-10-26-15-19-36-20-16-26;1-3-4-2/h9-24H,1-4H3;1H,4H2,2H3. The molecule has 0 aliphatic rings. The maximum absolute atomic E-state index is 5.60. The van der Waals surface area contributed by atoms with Crippen LogP contribution < -0.4 is 18.9 Å². The Kier molecular flexibility index (Phi) is 13.2. The van der Waals surface area contributed by atoms with Crippen molar-refractivity contribution in [2.24, 2.45) is 0 Å². The van der Waals surface area contributed by atoms with Crippen LogP contribution in [0, 0.1) is 36.0 Å². The molecule has 0 fully saturated rings. The largest absolute Gasteiger partial charge is 0.496 e. The maximum atomic E-state index is 5.60. The SMILES string of the molecule is C#CCC.COc1cc(C=Cc2ccncc2)c(OC)cc1C#CC#Cc1cc(OC)c(C=Cc2ccncc2)cc1OC. The van der Waals surface area contributed by atoms with E-state index >= 15 is 0 Å². The van der Waals surface area contributed by atoms with Crippen molar-refractivity contribution in [3.63, 3.8) is 0 Å². The van der Waals surface area contributed by atoms with Crippen molar-refractivity contribution in [1.29, 1.82) is 0 Å². The van der Waals surface area contributed by atoms with Gasteiger partial charge in [0, 0.05) is 54.5 Å². The lowest BCUT2D eigenvalue weighted by molar-refractivity contribution is 0.401. The number of benzene rings is 2. The van der Waals surface area contributed by atoms with Gasteiger partial charge in [-0.15, -0.1) is 12.3 Å². The number of ether oxygens (including phenoxy) is 4. The van der Waals surface area contributed by atoms with Gasteiger partial charge in [0.25, 0.3) is 0 Å². The first-order valence-electron chi connectivity index (χ1n) is 13.7. The van der Waals surface area contributed by atoms with Crippen LogP contribution in [0.2, 0.25) is 0 Å². The van der Waals surface area contributed by atoms with Crippen molar-refractivity contribution >= 4 is 24.3 Å². The molecular formula is C38H34N2O4. The van der Waals surface area contributed by atoms with E-state index in [-0.39, 0.29) is 0 Å². The molecule has 0 saturated carbocycles. The van der Waals surface area contributed by atoms with Gasteiger partial charge in [-0.1, -0.05) is 31.2 Å². The van der Waals surface area contributed by atoms with Gasteiger partial charge < -0.3 is 18.9 Å². The van der Waals surface area contributed by atoms with Crippen LogP contribution in [0.3, 0.4) is 0 Å². The minimum Gasteiger partial charge on any atom is -0.496 e. The molecule has 0 radical (unpaired) electrons. The Morgan fingerprint density at radius 3 is 1.27 bits per heavy atom. The van der Waals surface area contributed by atoms with Crippen LogP contribution in [0.5, 0.6) is 23.0 Å². The number of nitrogens with zero attached hydrogens (tertiary/aromatic N) is 2. The van der Waals surface area contributed by atoms with Gasteiger partial charge in [0.2, 0.25) is 0 Å². The van der Waals surface area contributed by atoms with Gasteiger partial charge in [-0.05, 0) is 71.2 Å². The number of aromatic nitrogens is 2. The summed E-state index contributed by atoms with van der Waals surface area (Å²) in [6, 6.07) is 15.2. The molecule has 2 aromatic heterocycles. The van der Waals surface area contributed by atoms with Crippen molar-refractivity contribution in [2.45, 2.75) is 13.3 Å². The third-order valence-corrected chi connectivity index (χ3v) is 6.09. The van der Waals surface area contributed by atoms with Gasteiger partial charge >= 0.3 is 0 Å². The molecule has 220 valence electrons. The molecule has 4 rings (SSSR count). The highest BCUT2D eigenvalue weighted by atomic mass is 16.5. The lowest BCUT2D eigenvalue weighted by Crippen LogP contribution is -1.94. The average Bonchev–Trinajstić information content (AvgIpc) is 3.09. The number of terminal acetylenes is 1. The Balaban J connectivity index is 0.00000124. The summed E-state index contributed by atoms with van der Waals surface area (Å²) >= 11 is 0. The van der Waals surface area contributed by atoms with Crippen molar-refractivity contribution in [1.82, 2.24) is 9.97 Å². The zero-order valence-electron chi connectivity index (χ0n) is 25.5. The van der Waals surface area contributed by atoms with Crippen molar-refractivity contribution < 1.29 is 18.9 Å². The van der Waals surface area contributed by atoms with Crippen LogP contribution in [0.1, 0.15) is 46.7 Å². The summed E-state index contributed by atoms with van der Waals surface area (Å²) in [5.41, 5.74) is 5.11. The molecule has 0 aliphatic carbocycles. The predicted molar refractivity (Wildman–Crippen MR) is 178 cm³/mol. The summed E-state index contributed by atoms with van der Waals surface area (Å²) in [5.74, 6) is 17.0. The summed E-state index contributed by atoms with van der Waals surface area (Å²) in [6.07, 6.45) is 20.5. The first-order valence-corrected chi connectivity index (χ1v) is 13.7. The van der Waals surface area contributed by atoms with E-state index in [0.29, 0.717) is 34.1 Å². The zero-order valence-corrected chi connectivity index (χ0v) is 25.5. The third kappa shape index (κ3) is 9.59. The quantitative estimate of drug-likeness (QED) is 0.204. The van der Waals surface area contributed by atoms with Crippen LogP contribution in [0.15, 0.2) is 73.3 Å². The van der Waals surface area contributed by atoms with E-state index in [1.807, 2.05) is 79.8 Å². The lowest BCUT2D eigenvalue weighted by Gasteiger charge is -2.10.